The van der Waals surface area contributed by atoms with E-state index in [1.165, 1.54) is 11.1 Å². The quantitative estimate of drug-likeness (QED) is 0.866. The highest BCUT2D eigenvalue weighted by Crippen LogP contribution is 2.30. The Hall–Kier alpha value is -1.40. The largest absolute Gasteiger partial charge is 0.480 e. The molecule has 0 spiro atoms. The van der Waals surface area contributed by atoms with E-state index in [2.05, 4.69) is 29.2 Å². The van der Waals surface area contributed by atoms with Crippen LogP contribution in [-0.2, 0) is 14.6 Å². The fourth-order valence-corrected chi connectivity index (χ4v) is 3.97. The molecule has 22 heavy (non-hydrogen) atoms. The van der Waals surface area contributed by atoms with Gasteiger partial charge in [0.15, 0.2) is 9.84 Å². The van der Waals surface area contributed by atoms with Crippen LogP contribution in [0.25, 0.3) is 0 Å². The average molecular weight is 325 g/mol. The van der Waals surface area contributed by atoms with Crippen LogP contribution in [0.5, 0.6) is 0 Å². The van der Waals surface area contributed by atoms with Gasteiger partial charge in [-0.2, -0.15) is 0 Å². The summed E-state index contributed by atoms with van der Waals surface area (Å²) in [6.07, 6.45) is 3.21. The van der Waals surface area contributed by atoms with Crippen molar-refractivity contribution in [2.24, 2.45) is 0 Å². The SMILES string of the molecule is Cc1ccc(C2CCCCN2CCS(=O)(=O)CC(=O)O)cc1. The van der Waals surface area contributed by atoms with E-state index in [0.717, 1.165) is 25.8 Å². The highest BCUT2D eigenvalue weighted by molar-refractivity contribution is 7.92. The van der Waals surface area contributed by atoms with Crippen LogP contribution in [0.4, 0.5) is 0 Å². The van der Waals surface area contributed by atoms with Crippen molar-refractivity contribution in [2.45, 2.75) is 32.2 Å². The Morgan fingerprint density at radius 1 is 1.27 bits per heavy atom. The molecule has 1 atom stereocenters. The Labute approximate surface area is 131 Å². The van der Waals surface area contributed by atoms with E-state index in [0.29, 0.717) is 6.54 Å². The Bertz CT molecular complexity index is 610. The fraction of sp³-hybridized carbons (Fsp3) is 0.562. The van der Waals surface area contributed by atoms with E-state index in [4.69, 9.17) is 5.11 Å². The summed E-state index contributed by atoms with van der Waals surface area (Å²) in [6, 6.07) is 8.58. The molecule has 1 unspecified atom stereocenters. The molecular formula is C16H23NO4S. The predicted octanol–water partition coefficient (Wildman–Crippen LogP) is 2.02. The second-order valence-corrected chi connectivity index (χ2v) is 8.13. The summed E-state index contributed by atoms with van der Waals surface area (Å²) < 4.78 is 23.5. The third-order valence-electron chi connectivity index (χ3n) is 4.11. The van der Waals surface area contributed by atoms with Gasteiger partial charge in [0.1, 0.15) is 5.75 Å². The Morgan fingerprint density at radius 2 is 1.95 bits per heavy atom. The van der Waals surface area contributed by atoms with Gasteiger partial charge < -0.3 is 5.11 Å². The molecule has 1 saturated heterocycles. The van der Waals surface area contributed by atoms with Crippen molar-refractivity contribution in [1.82, 2.24) is 4.90 Å². The zero-order valence-electron chi connectivity index (χ0n) is 12.9. The first-order valence-corrected chi connectivity index (χ1v) is 9.42. The van der Waals surface area contributed by atoms with E-state index in [-0.39, 0.29) is 11.8 Å². The maximum Gasteiger partial charge on any atom is 0.318 e. The lowest BCUT2D eigenvalue weighted by molar-refractivity contribution is -0.134. The molecule has 1 fully saturated rings. The van der Waals surface area contributed by atoms with Crippen LogP contribution in [-0.4, -0.2) is 49.0 Å². The maximum absolute atomic E-state index is 11.8. The van der Waals surface area contributed by atoms with E-state index in [9.17, 15) is 13.2 Å². The zero-order chi connectivity index (χ0) is 16.2. The number of sulfone groups is 1. The lowest BCUT2D eigenvalue weighted by atomic mass is 9.95. The van der Waals surface area contributed by atoms with Crippen molar-refractivity contribution >= 4 is 15.8 Å². The number of likely N-dealkylation sites (tertiary alicyclic amines) is 1. The van der Waals surface area contributed by atoms with Gasteiger partial charge in [0.25, 0.3) is 0 Å². The highest BCUT2D eigenvalue weighted by Gasteiger charge is 2.26. The number of aliphatic carboxylic acids is 1. The minimum Gasteiger partial charge on any atom is -0.480 e. The summed E-state index contributed by atoms with van der Waals surface area (Å²) in [6.45, 7) is 3.30. The smallest absolute Gasteiger partial charge is 0.318 e. The molecule has 6 heteroatoms. The van der Waals surface area contributed by atoms with E-state index >= 15 is 0 Å². The molecule has 1 aromatic carbocycles. The normalized spacial score (nSPS) is 20.0. The number of hydrogen-bond acceptors (Lipinski definition) is 4. The molecule has 1 aromatic rings. The summed E-state index contributed by atoms with van der Waals surface area (Å²) in [4.78, 5) is 12.8. The summed E-state index contributed by atoms with van der Waals surface area (Å²) in [5.74, 6) is -2.16. The molecule has 0 aromatic heterocycles. The van der Waals surface area contributed by atoms with Crippen LogP contribution in [0.15, 0.2) is 24.3 Å². The standard InChI is InChI=1S/C16H23NO4S/c1-13-5-7-14(8-6-13)15-4-2-3-9-17(15)10-11-22(20,21)12-16(18)19/h5-8,15H,2-4,9-12H2,1H3,(H,18,19). The Morgan fingerprint density at radius 3 is 2.59 bits per heavy atom. The second-order valence-electron chi connectivity index (χ2n) is 5.94. The van der Waals surface area contributed by atoms with Crippen molar-refractivity contribution in [2.75, 3.05) is 24.6 Å². The number of benzene rings is 1. The van der Waals surface area contributed by atoms with Gasteiger partial charge in [-0.05, 0) is 31.9 Å². The van der Waals surface area contributed by atoms with Crippen molar-refractivity contribution in [3.8, 4) is 0 Å². The molecule has 0 bridgehead atoms. The summed E-state index contributed by atoms with van der Waals surface area (Å²) in [5, 5.41) is 8.65. The van der Waals surface area contributed by atoms with Crippen molar-refractivity contribution in [1.29, 1.82) is 0 Å². The Balaban J connectivity index is 2.04. The molecule has 0 radical (unpaired) electrons. The van der Waals surface area contributed by atoms with Crippen LogP contribution in [0.3, 0.4) is 0 Å². The maximum atomic E-state index is 11.8. The van der Waals surface area contributed by atoms with Gasteiger partial charge in [0, 0.05) is 12.6 Å². The van der Waals surface area contributed by atoms with E-state index in [1.807, 2.05) is 6.92 Å². The summed E-state index contributed by atoms with van der Waals surface area (Å²) in [5.41, 5.74) is 2.41. The molecule has 0 saturated carbocycles. The summed E-state index contributed by atoms with van der Waals surface area (Å²) in [7, 11) is -3.53. The number of piperidine rings is 1. The molecule has 1 heterocycles. The topological polar surface area (TPSA) is 74.7 Å². The third kappa shape index (κ3) is 4.81. The van der Waals surface area contributed by atoms with Crippen molar-refractivity contribution in [3.05, 3.63) is 35.4 Å². The first-order valence-electron chi connectivity index (χ1n) is 7.60. The molecule has 5 nitrogen and oxygen atoms in total. The molecule has 1 aliphatic rings. The van der Waals surface area contributed by atoms with Gasteiger partial charge in [-0.1, -0.05) is 36.2 Å². The third-order valence-corrected chi connectivity index (χ3v) is 5.60. The molecule has 1 aliphatic heterocycles. The monoisotopic (exact) mass is 325 g/mol. The van der Waals surface area contributed by atoms with Gasteiger partial charge >= 0.3 is 5.97 Å². The van der Waals surface area contributed by atoms with Crippen molar-refractivity contribution < 1.29 is 18.3 Å². The van der Waals surface area contributed by atoms with Crippen LogP contribution < -0.4 is 0 Å². The minimum absolute atomic E-state index is 0.0956. The van der Waals surface area contributed by atoms with Gasteiger partial charge in [0.05, 0.1) is 5.75 Å². The van der Waals surface area contributed by atoms with Crippen LogP contribution in [0, 0.1) is 6.92 Å². The fourth-order valence-electron chi connectivity index (χ4n) is 2.94. The zero-order valence-corrected chi connectivity index (χ0v) is 13.7. The van der Waals surface area contributed by atoms with Gasteiger partial charge in [0.2, 0.25) is 0 Å². The highest BCUT2D eigenvalue weighted by atomic mass is 32.2. The lowest BCUT2D eigenvalue weighted by Gasteiger charge is -2.36. The molecule has 0 amide bonds. The molecule has 122 valence electrons. The van der Waals surface area contributed by atoms with Gasteiger partial charge in [-0.15, -0.1) is 0 Å². The van der Waals surface area contributed by atoms with E-state index in [1.54, 1.807) is 0 Å². The number of carboxylic acid groups (broad SMARTS) is 1. The number of carboxylic acids is 1. The number of hydrogen-bond donors (Lipinski definition) is 1. The average Bonchev–Trinajstić information content (AvgIpc) is 2.45. The van der Waals surface area contributed by atoms with Crippen LogP contribution >= 0.6 is 0 Å². The predicted molar refractivity (Wildman–Crippen MR) is 85.6 cm³/mol. The first kappa shape index (κ1) is 17.0. The molecular weight excluding hydrogens is 302 g/mol. The minimum atomic E-state index is -3.53. The van der Waals surface area contributed by atoms with Crippen molar-refractivity contribution in [3.63, 3.8) is 0 Å². The number of rotatable bonds is 6. The number of nitrogens with zero attached hydrogens (tertiary/aromatic N) is 1. The van der Waals surface area contributed by atoms with Crippen LogP contribution in [0.1, 0.15) is 36.4 Å². The second kappa shape index (κ2) is 7.24. The van der Waals surface area contributed by atoms with Crippen LogP contribution in [0.2, 0.25) is 0 Å². The Kier molecular flexibility index (Phi) is 5.58. The molecule has 0 aliphatic carbocycles. The summed E-state index contributed by atoms with van der Waals surface area (Å²) >= 11 is 0. The lowest BCUT2D eigenvalue weighted by Crippen LogP contribution is -2.37. The first-order chi connectivity index (χ1) is 10.4. The molecule has 2 rings (SSSR count). The molecule has 1 N–H and O–H groups in total. The number of carbonyl (C=O) groups is 1. The van der Waals surface area contributed by atoms with Gasteiger partial charge in [-0.25, -0.2) is 8.42 Å². The van der Waals surface area contributed by atoms with Gasteiger partial charge in [-0.3, -0.25) is 9.69 Å². The number of aryl methyl sites for hydroxylation is 1. The van der Waals surface area contributed by atoms with E-state index < -0.39 is 21.6 Å².